The number of nitrogens with zero attached hydrogens (tertiary/aromatic N) is 4. The lowest BCUT2D eigenvalue weighted by molar-refractivity contribution is -0.384. The summed E-state index contributed by atoms with van der Waals surface area (Å²) >= 11 is 0. The number of carbonyl (C=O) groups excluding carboxylic acids is 1. The highest BCUT2D eigenvalue weighted by molar-refractivity contribution is 5.87. The van der Waals surface area contributed by atoms with Crippen LogP contribution < -0.4 is 4.90 Å². The van der Waals surface area contributed by atoms with Crippen molar-refractivity contribution >= 4 is 17.3 Å². The molecule has 8 heteroatoms. The molecule has 0 aromatic heterocycles. The SMILES string of the molecule is CN1CCN(C(=O)C2CCCN2c2ccc(F)cc2[N+](=O)[O-])CC1. The van der Waals surface area contributed by atoms with Gasteiger partial charge in [0, 0.05) is 32.7 Å². The number of amides is 1. The first-order chi connectivity index (χ1) is 11.5. The Morgan fingerprint density at radius 1 is 1.25 bits per heavy atom. The number of hydrogen-bond donors (Lipinski definition) is 0. The first-order valence-electron chi connectivity index (χ1n) is 8.15. The molecule has 0 aliphatic carbocycles. The Balaban J connectivity index is 1.83. The van der Waals surface area contributed by atoms with E-state index in [1.165, 1.54) is 12.1 Å². The van der Waals surface area contributed by atoms with Gasteiger partial charge in [-0.05, 0) is 32.0 Å². The van der Waals surface area contributed by atoms with E-state index in [1.807, 2.05) is 11.9 Å². The van der Waals surface area contributed by atoms with Crippen LogP contribution in [0.4, 0.5) is 15.8 Å². The van der Waals surface area contributed by atoms with Crippen molar-refractivity contribution in [3.63, 3.8) is 0 Å². The zero-order valence-electron chi connectivity index (χ0n) is 13.7. The maximum Gasteiger partial charge on any atom is 0.295 e. The van der Waals surface area contributed by atoms with Gasteiger partial charge in [0.1, 0.15) is 17.5 Å². The number of likely N-dealkylation sites (N-methyl/N-ethyl adjacent to an activating group) is 1. The van der Waals surface area contributed by atoms with Gasteiger partial charge in [0.2, 0.25) is 5.91 Å². The molecule has 24 heavy (non-hydrogen) atoms. The van der Waals surface area contributed by atoms with Crippen LogP contribution in [0, 0.1) is 15.9 Å². The summed E-state index contributed by atoms with van der Waals surface area (Å²) in [6.07, 6.45) is 1.46. The van der Waals surface area contributed by atoms with Gasteiger partial charge in [0.25, 0.3) is 5.69 Å². The molecule has 1 aromatic carbocycles. The van der Waals surface area contributed by atoms with E-state index in [4.69, 9.17) is 0 Å². The van der Waals surface area contributed by atoms with Crippen LogP contribution >= 0.6 is 0 Å². The Kier molecular flexibility index (Phi) is 4.66. The largest absolute Gasteiger partial charge is 0.354 e. The summed E-state index contributed by atoms with van der Waals surface area (Å²) in [6, 6.07) is 3.13. The second-order valence-electron chi connectivity index (χ2n) is 6.37. The number of nitro benzene ring substituents is 1. The molecule has 1 unspecified atom stereocenters. The lowest BCUT2D eigenvalue weighted by Gasteiger charge is -2.36. The van der Waals surface area contributed by atoms with Crippen LogP contribution in [0.2, 0.25) is 0 Å². The summed E-state index contributed by atoms with van der Waals surface area (Å²) in [5.74, 6) is -0.634. The van der Waals surface area contributed by atoms with Gasteiger partial charge in [-0.3, -0.25) is 14.9 Å². The van der Waals surface area contributed by atoms with E-state index in [0.29, 0.717) is 31.7 Å². The van der Waals surface area contributed by atoms with Crippen molar-refractivity contribution in [3.8, 4) is 0 Å². The standard InChI is InChI=1S/C16H21FN4O3/c1-18-7-9-19(10-8-18)16(22)14-3-2-6-20(14)13-5-4-12(17)11-15(13)21(23)24/h4-5,11,14H,2-3,6-10H2,1H3. The second-order valence-corrected chi connectivity index (χ2v) is 6.37. The molecule has 1 aromatic rings. The van der Waals surface area contributed by atoms with E-state index in [1.54, 1.807) is 4.90 Å². The van der Waals surface area contributed by atoms with Crippen LogP contribution in [0.3, 0.4) is 0 Å². The average molecular weight is 336 g/mol. The van der Waals surface area contributed by atoms with Crippen LogP contribution in [0.5, 0.6) is 0 Å². The van der Waals surface area contributed by atoms with Crippen molar-refractivity contribution < 1.29 is 14.1 Å². The van der Waals surface area contributed by atoms with Crippen LogP contribution in [0.1, 0.15) is 12.8 Å². The minimum Gasteiger partial charge on any atom is -0.354 e. The summed E-state index contributed by atoms with van der Waals surface area (Å²) in [5, 5.41) is 11.3. The molecule has 130 valence electrons. The summed E-state index contributed by atoms with van der Waals surface area (Å²) in [7, 11) is 2.02. The maximum atomic E-state index is 13.4. The van der Waals surface area contributed by atoms with Gasteiger partial charge < -0.3 is 14.7 Å². The van der Waals surface area contributed by atoms with E-state index in [2.05, 4.69) is 4.90 Å². The van der Waals surface area contributed by atoms with Gasteiger partial charge in [-0.25, -0.2) is 4.39 Å². The van der Waals surface area contributed by atoms with Crippen molar-refractivity contribution in [2.45, 2.75) is 18.9 Å². The maximum absolute atomic E-state index is 13.4. The van der Waals surface area contributed by atoms with Crippen molar-refractivity contribution in [2.75, 3.05) is 44.7 Å². The third-order valence-corrected chi connectivity index (χ3v) is 4.80. The van der Waals surface area contributed by atoms with E-state index < -0.39 is 16.8 Å². The molecule has 0 bridgehead atoms. The van der Waals surface area contributed by atoms with Crippen molar-refractivity contribution in [1.82, 2.24) is 9.80 Å². The predicted molar refractivity (Wildman–Crippen MR) is 87.5 cm³/mol. The molecule has 2 aliphatic heterocycles. The number of nitro groups is 1. The van der Waals surface area contributed by atoms with Crippen LogP contribution in [-0.4, -0.2) is 66.4 Å². The molecule has 0 N–H and O–H groups in total. The molecule has 0 spiro atoms. The minimum atomic E-state index is -0.647. The van der Waals surface area contributed by atoms with Gasteiger partial charge in [-0.2, -0.15) is 0 Å². The fraction of sp³-hybridized carbons (Fsp3) is 0.562. The molecular formula is C16H21FN4O3. The highest BCUT2D eigenvalue weighted by atomic mass is 19.1. The molecule has 2 fully saturated rings. The normalized spacial score (nSPS) is 22.0. The summed E-state index contributed by atoms with van der Waals surface area (Å²) in [4.78, 5) is 29.3. The monoisotopic (exact) mass is 336 g/mol. The number of benzene rings is 1. The number of halogens is 1. The average Bonchev–Trinajstić information content (AvgIpc) is 3.04. The fourth-order valence-electron chi connectivity index (χ4n) is 3.44. The topological polar surface area (TPSA) is 69.9 Å². The van der Waals surface area contributed by atoms with Gasteiger partial charge in [-0.1, -0.05) is 0 Å². The Hall–Kier alpha value is -2.22. The van der Waals surface area contributed by atoms with Crippen LogP contribution in [-0.2, 0) is 4.79 Å². The van der Waals surface area contributed by atoms with Gasteiger partial charge >= 0.3 is 0 Å². The zero-order chi connectivity index (χ0) is 17.3. The molecule has 7 nitrogen and oxygen atoms in total. The van der Waals surface area contributed by atoms with Crippen LogP contribution in [0.15, 0.2) is 18.2 Å². The summed E-state index contributed by atoms with van der Waals surface area (Å²) in [5.41, 5.74) is 0.0412. The molecule has 3 rings (SSSR count). The van der Waals surface area contributed by atoms with E-state index >= 15 is 0 Å². The van der Waals surface area contributed by atoms with E-state index in [9.17, 15) is 19.3 Å². The Bertz CT molecular complexity index is 646. The number of piperazine rings is 1. The molecule has 1 amide bonds. The Morgan fingerprint density at radius 2 is 1.96 bits per heavy atom. The quantitative estimate of drug-likeness (QED) is 0.618. The van der Waals surface area contributed by atoms with Crippen molar-refractivity contribution in [3.05, 3.63) is 34.1 Å². The zero-order valence-corrected chi connectivity index (χ0v) is 13.7. The van der Waals surface area contributed by atoms with E-state index in [-0.39, 0.29) is 11.6 Å². The Labute approximate surface area is 139 Å². The van der Waals surface area contributed by atoms with Gasteiger partial charge in [-0.15, -0.1) is 0 Å². The van der Waals surface area contributed by atoms with Crippen LogP contribution in [0.25, 0.3) is 0 Å². The predicted octanol–water partition coefficient (Wildman–Crippen LogP) is 1.48. The number of hydrogen-bond acceptors (Lipinski definition) is 5. The molecule has 2 saturated heterocycles. The Morgan fingerprint density at radius 3 is 2.62 bits per heavy atom. The van der Waals surface area contributed by atoms with Gasteiger partial charge in [0.15, 0.2) is 0 Å². The number of anilines is 1. The highest BCUT2D eigenvalue weighted by Crippen LogP contribution is 2.34. The highest BCUT2D eigenvalue weighted by Gasteiger charge is 2.37. The smallest absolute Gasteiger partial charge is 0.295 e. The molecule has 2 heterocycles. The second kappa shape index (κ2) is 6.72. The number of carbonyl (C=O) groups is 1. The molecule has 0 radical (unpaired) electrons. The van der Waals surface area contributed by atoms with Crippen molar-refractivity contribution in [2.24, 2.45) is 0 Å². The van der Waals surface area contributed by atoms with Gasteiger partial charge in [0.05, 0.1) is 11.0 Å². The minimum absolute atomic E-state index is 0.0132. The third kappa shape index (κ3) is 3.19. The van der Waals surface area contributed by atoms with Crippen molar-refractivity contribution in [1.29, 1.82) is 0 Å². The van der Waals surface area contributed by atoms with E-state index in [0.717, 1.165) is 25.6 Å². The summed E-state index contributed by atoms with van der Waals surface area (Å²) < 4.78 is 13.4. The molecule has 2 aliphatic rings. The first-order valence-corrected chi connectivity index (χ1v) is 8.15. The number of rotatable bonds is 3. The third-order valence-electron chi connectivity index (χ3n) is 4.80. The first kappa shape index (κ1) is 16.6. The fourth-order valence-corrected chi connectivity index (χ4v) is 3.44. The lowest BCUT2D eigenvalue weighted by atomic mass is 10.1. The molecule has 0 saturated carbocycles. The summed E-state index contributed by atoms with van der Waals surface area (Å²) in [6.45, 7) is 3.57. The molecular weight excluding hydrogens is 315 g/mol. The molecule has 1 atom stereocenters. The lowest BCUT2D eigenvalue weighted by Crippen LogP contribution is -2.53.